The molecule has 13 heavy (non-hydrogen) atoms. The Morgan fingerprint density at radius 3 is 2.92 bits per heavy atom. The molecule has 0 spiro atoms. The summed E-state index contributed by atoms with van der Waals surface area (Å²) < 4.78 is 28.8. The Hall–Kier alpha value is -0.170. The molecule has 1 rings (SSSR count). The summed E-state index contributed by atoms with van der Waals surface area (Å²) in [5.41, 5.74) is 0. The smallest absolute Gasteiger partial charge is 0.272 e. The molecule has 1 aromatic rings. The summed E-state index contributed by atoms with van der Waals surface area (Å²) in [5.74, 6) is 0.286. The molecule has 0 amide bonds. The first-order valence-electron chi connectivity index (χ1n) is 3.31. The van der Waals surface area contributed by atoms with Crippen LogP contribution in [0.5, 0.6) is 5.75 Å². The van der Waals surface area contributed by atoms with Crippen LogP contribution in [0.2, 0.25) is 5.02 Å². The maximum absolute atomic E-state index is 11.8. The highest BCUT2D eigenvalue weighted by Crippen LogP contribution is 2.22. The Labute approximate surface area is 92.4 Å². The molecule has 72 valence electrons. The lowest BCUT2D eigenvalue weighted by Crippen LogP contribution is -2.08. The fourth-order valence-electron chi connectivity index (χ4n) is 0.658. The van der Waals surface area contributed by atoms with E-state index in [9.17, 15) is 8.78 Å². The molecule has 0 aliphatic rings. The molecule has 6 heteroatoms. The van der Waals surface area contributed by atoms with Gasteiger partial charge >= 0.3 is 0 Å². The van der Waals surface area contributed by atoms with Gasteiger partial charge in [-0.1, -0.05) is 11.6 Å². The summed E-state index contributed by atoms with van der Waals surface area (Å²) in [4.78, 5) is 3.84. The molecule has 0 atom stereocenters. The summed E-state index contributed by atoms with van der Waals surface area (Å²) in [6.45, 7) is -0.641. The van der Waals surface area contributed by atoms with Crippen LogP contribution in [0.4, 0.5) is 8.78 Å². The summed E-state index contributed by atoms with van der Waals surface area (Å²) in [6.07, 6.45) is -1.06. The van der Waals surface area contributed by atoms with Gasteiger partial charge in [0.05, 0.1) is 5.02 Å². The fraction of sp³-hybridized carbons (Fsp3) is 0.286. The van der Waals surface area contributed by atoms with Crippen LogP contribution in [0.15, 0.2) is 12.3 Å². The Kier molecular flexibility index (Phi) is 4.11. The van der Waals surface area contributed by atoms with Crippen LogP contribution in [0.25, 0.3) is 0 Å². The number of aromatic nitrogens is 1. The number of pyridine rings is 1. The van der Waals surface area contributed by atoms with Gasteiger partial charge in [-0.15, -0.1) is 0 Å². The number of nitrogens with zero attached hydrogens (tertiary/aromatic N) is 1. The second-order valence-corrected chi connectivity index (χ2v) is 3.60. The van der Waals surface area contributed by atoms with E-state index < -0.39 is 13.0 Å². The van der Waals surface area contributed by atoms with E-state index in [1.807, 2.05) is 22.6 Å². The van der Waals surface area contributed by atoms with E-state index in [1.165, 1.54) is 12.3 Å². The summed E-state index contributed by atoms with van der Waals surface area (Å²) >= 11 is 7.48. The van der Waals surface area contributed by atoms with E-state index in [0.717, 1.165) is 0 Å². The molecule has 0 saturated heterocycles. The van der Waals surface area contributed by atoms with Crippen LogP contribution >= 0.6 is 34.2 Å². The molecule has 0 unspecified atom stereocenters. The third-order valence-electron chi connectivity index (χ3n) is 1.14. The summed E-state index contributed by atoms with van der Waals surface area (Å²) in [6, 6.07) is 1.46. The molecule has 0 aromatic carbocycles. The third-order valence-corrected chi connectivity index (χ3v) is 2.16. The Morgan fingerprint density at radius 1 is 1.62 bits per heavy atom. The average Bonchev–Trinajstić information content (AvgIpc) is 2.06. The van der Waals surface area contributed by atoms with Crippen LogP contribution in [0.1, 0.15) is 0 Å². The maximum Gasteiger partial charge on any atom is 0.272 e. The van der Waals surface area contributed by atoms with E-state index in [1.54, 1.807) is 0 Å². The zero-order valence-electron chi connectivity index (χ0n) is 6.31. The van der Waals surface area contributed by atoms with Gasteiger partial charge < -0.3 is 4.74 Å². The molecule has 1 aromatic heterocycles. The number of halogens is 4. The van der Waals surface area contributed by atoms with Crippen molar-refractivity contribution in [2.75, 3.05) is 6.61 Å². The van der Waals surface area contributed by atoms with Crippen molar-refractivity contribution in [3.8, 4) is 5.75 Å². The lowest BCUT2D eigenvalue weighted by atomic mass is 10.4. The number of rotatable bonds is 3. The van der Waals surface area contributed by atoms with Crippen molar-refractivity contribution in [2.24, 2.45) is 0 Å². The molecular formula is C7H5ClF2INO. The molecule has 0 fully saturated rings. The highest BCUT2D eigenvalue weighted by atomic mass is 127. The predicted octanol–water partition coefficient (Wildman–Crippen LogP) is 2.98. The van der Waals surface area contributed by atoms with Crippen LogP contribution in [-0.2, 0) is 0 Å². The number of alkyl halides is 2. The van der Waals surface area contributed by atoms with E-state index in [-0.39, 0.29) is 5.75 Å². The molecular weight excluding hydrogens is 314 g/mol. The highest BCUT2D eigenvalue weighted by molar-refractivity contribution is 14.1. The third kappa shape index (κ3) is 3.60. The van der Waals surface area contributed by atoms with Gasteiger partial charge in [0.1, 0.15) is 10.3 Å². The second-order valence-electron chi connectivity index (χ2n) is 2.14. The first kappa shape index (κ1) is 10.9. The predicted molar refractivity (Wildman–Crippen MR) is 53.5 cm³/mol. The molecule has 0 aliphatic heterocycles. The standard InChI is InChI=1S/C7H5ClF2INO/c8-4-1-5(7(11)12-2-4)13-3-6(9)10/h1-2,6H,3H2. The van der Waals surface area contributed by atoms with Crippen molar-refractivity contribution in [1.29, 1.82) is 0 Å². The van der Waals surface area contributed by atoms with Crippen molar-refractivity contribution in [3.63, 3.8) is 0 Å². The van der Waals surface area contributed by atoms with Crippen LogP contribution in [0.3, 0.4) is 0 Å². The van der Waals surface area contributed by atoms with Gasteiger partial charge in [0.2, 0.25) is 0 Å². The summed E-state index contributed by atoms with van der Waals surface area (Å²) in [7, 11) is 0. The van der Waals surface area contributed by atoms with Gasteiger partial charge in [0.25, 0.3) is 6.43 Å². The molecule has 0 aliphatic carbocycles. The summed E-state index contributed by atoms with van der Waals surface area (Å²) in [5, 5.41) is 0.365. The van der Waals surface area contributed by atoms with E-state index in [0.29, 0.717) is 8.72 Å². The fourth-order valence-corrected chi connectivity index (χ4v) is 1.26. The minimum Gasteiger partial charge on any atom is -0.485 e. The maximum atomic E-state index is 11.8. The minimum atomic E-state index is -2.49. The van der Waals surface area contributed by atoms with E-state index in [2.05, 4.69) is 4.98 Å². The molecule has 0 N–H and O–H groups in total. The zero-order chi connectivity index (χ0) is 9.84. The quantitative estimate of drug-likeness (QED) is 0.631. The highest BCUT2D eigenvalue weighted by Gasteiger charge is 2.07. The topological polar surface area (TPSA) is 22.1 Å². The van der Waals surface area contributed by atoms with Gasteiger partial charge in [-0.25, -0.2) is 13.8 Å². The van der Waals surface area contributed by atoms with Crippen molar-refractivity contribution in [3.05, 3.63) is 21.0 Å². The molecule has 2 nitrogen and oxygen atoms in total. The minimum absolute atomic E-state index is 0.286. The monoisotopic (exact) mass is 319 g/mol. The SMILES string of the molecule is FC(F)COc1cc(Cl)cnc1I. The van der Waals surface area contributed by atoms with Crippen LogP contribution in [0, 0.1) is 3.70 Å². The van der Waals surface area contributed by atoms with Crippen molar-refractivity contribution in [1.82, 2.24) is 4.98 Å². The lowest BCUT2D eigenvalue weighted by Gasteiger charge is -2.06. The van der Waals surface area contributed by atoms with Gasteiger partial charge in [-0.05, 0) is 22.6 Å². The van der Waals surface area contributed by atoms with E-state index >= 15 is 0 Å². The largest absolute Gasteiger partial charge is 0.485 e. The first-order valence-corrected chi connectivity index (χ1v) is 4.77. The van der Waals surface area contributed by atoms with Crippen molar-refractivity contribution < 1.29 is 13.5 Å². The van der Waals surface area contributed by atoms with Crippen molar-refractivity contribution in [2.45, 2.75) is 6.43 Å². The zero-order valence-corrected chi connectivity index (χ0v) is 9.22. The lowest BCUT2D eigenvalue weighted by molar-refractivity contribution is 0.0812. The number of hydrogen-bond donors (Lipinski definition) is 0. The average molecular weight is 319 g/mol. The Bertz CT molecular complexity index is 298. The van der Waals surface area contributed by atoms with Crippen molar-refractivity contribution >= 4 is 34.2 Å². The molecule has 0 bridgehead atoms. The van der Waals surface area contributed by atoms with Crippen LogP contribution in [-0.4, -0.2) is 18.0 Å². The van der Waals surface area contributed by atoms with E-state index in [4.69, 9.17) is 16.3 Å². The number of ether oxygens (including phenoxy) is 1. The second kappa shape index (κ2) is 4.90. The van der Waals surface area contributed by atoms with Gasteiger partial charge in [-0.3, -0.25) is 0 Å². The van der Waals surface area contributed by atoms with Crippen LogP contribution < -0.4 is 4.74 Å². The normalized spacial score (nSPS) is 10.5. The van der Waals surface area contributed by atoms with Gasteiger partial charge in [-0.2, -0.15) is 0 Å². The number of hydrogen-bond acceptors (Lipinski definition) is 2. The molecule has 1 heterocycles. The van der Waals surface area contributed by atoms with Gasteiger partial charge in [0, 0.05) is 12.3 Å². The Balaban J connectivity index is 2.70. The Morgan fingerprint density at radius 2 is 2.31 bits per heavy atom. The molecule has 0 saturated carbocycles. The molecule has 0 radical (unpaired) electrons. The van der Waals surface area contributed by atoms with Gasteiger partial charge in [0.15, 0.2) is 5.75 Å². The first-order chi connectivity index (χ1) is 6.09.